The molecular weight excluding hydrogens is 252 g/mol. The average molecular weight is 268 g/mol. The van der Waals surface area contributed by atoms with E-state index in [4.69, 9.17) is 4.74 Å². The molecule has 0 aromatic carbocycles. The Morgan fingerprint density at radius 1 is 1.53 bits per heavy atom. The third-order valence-corrected chi connectivity index (χ3v) is 3.01. The van der Waals surface area contributed by atoms with E-state index in [1.54, 1.807) is 0 Å². The molecule has 104 valence electrons. The van der Waals surface area contributed by atoms with Gasteiger partial charge in [0.2, 0.25) is 0 Å². The van der Waals surface area contributed by atoms with Crippen molar-refractivity contribution in [2.24, 2.45) is 0 Å². The summed E-state index contributed by atoms with van der Waals surface area (Å²) in [5.41, 5.74) is -2.71. The molecule has 6 heteroatoms. The monoisotopic (exact) mass is 268 g/mol. The van der Waals surface area contributed by atoms with Crippen molar-refractivity contribution < 1.29 is 29.6 Å². The predicted octanol–water partition coefficient (Wildman–Crippen LogP) is -1.27. The van der Waals surface area contributed by atoms with E-state index in [0.717, 1.165) is 0 Å². The van der Waals surface area contributed by atoms with E-state index in [0.29, 0.717) is 0 Å². The SMILES string of the molecule is CC(=O)OCC(C)(O)C#CC12OC1C(O)C=CC2O. The van der Waals surface area contributed by atoms with Crippen LogP contribution >= 0.6 is 0 Å². The molecule has 0 amide bonds. The fourth-order valence-electron chi connectivity index (χ4n) is 1.89. The number of hydrogen-bond donors (Lipinski definition) is 3. The van der Waals surface area contributed by atoms with Gasteiger partial charge in [0.25, 0.3) is 0 Å². The molecule has 1 heterocycles. The minimum atomic E-state index is -1.54. The first-order valence-corrected chi connectivity index (χ1v) is 5.89. The van der Waals surface area contributed by atoms with Crippen LogP contribution < -0.4 is 0 Å². The van der Waals surface area contributed by atoms with Crippen molar-refractivity contribution >= 4 is 5.97 Å². The number of ether oxygens (including phenoxy) is 2. The van der Waals surface area contributed by atoms with E-state index < -0.39 is 35.5 Å². The third-order valence-electron chi connectivity index (χ3n) is 3.01. The van der Waals surface area contributed by atoms with Gasteiger partial charge in [-0.05, 0) is 6.92 Å². The Kier molecular flexibility index (Phi) is 3.41. The molecule has 5 atom stereocenters. The Bertz CT molecular complexity index is 471. The standard InChI is InChI=1S/C13H16O6/c1-8(14)18-7-12(2,17)5-6-13-10(16)4-3-9(15)11(13)19-13/h3-4,9-11,15-17H,7H2,1-2H3. The fourth-order valence-corrected chi connectivity index (χ4v) is 1.89. The number of fused-ring (bicyclic) bond motifs is 1. The number of aliphatic hydroxyl groups is 3. The van der Waals surface area contributed by atoms with Crippen LogP contribution in [0, 0.1) is 11.8 Å². The number of aliphatic hydroxyl groups excluding tert-OH is 2. The molecule has 3 N–H and O–H groups in total. The number of epoxide rings is 1. The number of hydrogen-bond acceptors (Lipinski definition) is 6. The molecule has 0 aromatic rings. The highest BCUT2D eigenvalue weighted by atomic mass is 16.6. The average Bonchev–Trinajstić information content (AvgIpc) is 3.07. The molecule has 1 aliphatic heterocycles. The molecule has 0 radical (unpaired) electrons. The molecule has 0 aromatic heterocycles. The lowest BCUT2D eigenvalue weighted by Gasteiger charge is -2.19. The number of rotatable bonds is 2. The van der Waals surface area contributed by atoms with Crippen LogP contribution in [0.2, 0.25) is 0 Å². The molecule has 1 aliphatic carbocycles. The Balaban J connectivity index is 2.08. The smallest absolute Gasteiger partial charge is 0.302 e. The summed E-state index contributed by atoms with van der Waals surface area (Å²) >= 11 is 0. The minimum absolute atomic E-state index is 0.273. The van der Waals surface area contributed by atoms with Gasteiger partial charge in [0.05, 0.1) is 0 Å². The van der Waals surface area contributed by atoms with Gasteiger partial charge in [0.1, 0.15) is 24.9 Å². The highest BCUT2D eigenvalue weighted by molar-refractivity contribution is 5.66. The van der Waals surface area contributed by atoms with Gasteiger partial charge >= 0.3 is 5.97 Å². The second-order valence-corrected chi connectivity index (χ2v) is 4.96. The molecule has 1 fully saturated rings. The van der Waals surface area contributed by atoms with E-state index >= 15 is 0 Å². The van der Waals surface area contributed by atoms with Crippen molar-refractivity contribution in [2.45, 2.75) is 43.4 Å². The topological polar surface area (TPSA) is 99.5 Å². The molecule has 0 bridgehead atoms. The number of carbonyl (C=O) groups excluding carboxylic acids is 1. The maximum absolute atomic E-state index is 10.7. The molecule has 5 unspecified atom stereocenters. The lowest BCUT2D eigenvalue weighted by atomic mass is 9.89. The zero-order valence-corrected chi connectivity index (χ0v) is 10.7. The van der Waals surface area contributed by atoms with Crippen LogP contribution in [0.4, 0.5) is 0 Å². The van der Waals surface area contributed by atoms with Crippen LogP contribution in [-0.4, -0.2) is 57.4 Å². The lowest BCUT2D eigenvalue weighted by Crippen LogP contribution is -2.38. The first-order chi connectivity index (χ1) is 8.77. The first kappa shape index (κ1) is 14.0. The van der Waals surface area contributed by atoms with E-state index in [1.165, 1.54) is 26.0 Å². The van der Waals surface area contributed by atoms with E-state index in [9.17, 15) is 20.1 Å². The van der Waals surface area contributed by atoms with Gasteiger partial charge in [-0.15, -0.1) is 0 Å². The largest absolute Gasteiger partial charge is 0.462 e. The van der Waals surface area contributed by atoms with Crippen molar-refractivity contribution in [3.8, 4) is 11.8 Å². The molecule has 0 spiro atoms. The van der Waals surface area contributed by atoms with Crippen molar-refractivity contribution in [1.29, 1.82) is 0 Å². The summed E-state index contributed by atoms with van der Waals surface area (Å²) in [7, 11) is 0. The number of esters is 1. The maximum Gasteiger partial charge on any atom is 0.302 e. The van der Waals surface area contributed by atoms with Gasteiger partial charge in [0.15, 0.2) is 11.2 Å². The zero-order chi connectivity index (χ0) is 14.3. The van der Waals surface area contributed by atoms with E-state index in [2.05, 4.69) is 16.6 Å². The fraction of sp³-hybridized carbons (Fsp3) is 0.615. The Hall–Kier alpha value is -1.39. The molecule has 19 heavy (non-hydrogen) atoms. The van der Waals surface area contributed by atoms with Gasteiger partial charge in [0, 0.05) is 6.92 Å². The molecular formula is C13H16O6. The maximum atomic E-state index is 10.7. The van der Waals surface area contributed by atoms with Crippen molar-refractivity contribution in [3.63, 3.8) is 0 Å². The van der Waals surface area contributed by atoms with Crippen LogP contribution in [0.25, 0.3) is 0 Å². The van der Waals surface area contributed by atoms with E-state index in [-0.39, 0.29) is 6.61 Å². The van der Waals surface area contributed by atoms with Crippen molar-refractivity contribution in [1.82, 2.24) is 0 Å². The first-order valence-electron chi connectivity index (χ1n) is 5.89. The Labute approximate surface area is 110 Å². The van der Waals surface area contributed by atoms with Crippen LogP contribution in [-0.2, 0) is 14.3 Å². The van der Waals surface area contributed by atoms with E-state index in [1.807, 2.05) is 0 Å². The normalized spacial score (nSPS) is 38.5. The Morgan fingerprint density at radius 3 is 2.84 bits per heavy atom. The summed E-state index contributed by atoms with van der Waals surface area (Å²) < 4.78 is 9.94. The summed E-state index contributed by atoms with van der Waals surface area (Å²) in [5, 5.41) is 29.3. The predicted molar refractivity (Wildman–Crippen MR) is 63.8 cm³/mol. The highest BCUT2D eigenvalue weighted by Crippen LogP contribution is 2.45. The van der Waals surface area contributed by atoms with Gasteiger partial charge in [-0.2, -0.15) is 0 Å². The third kappa shape index (κ3) is 2.80. The summed E-state index contributed by atoms with van der Waals surface area (Å²) in [6.45, 7) is 2.34. The molecule has 1 saturated heterocycles. The summed E-state index contributed by atoms with van der Waals surface area (Å²) in [6, 6.07) is 0. The molecule has 2 aliphatic rings. The van der Waals surface area contributed by atoms with Crippen molar-refractivity contribution in [2.75, 3.05) is 6.61 Å². The van der Waals surface area contributed by atoms with Crippen LogP contribution in [0.1, 0.15) is 13.8 Å². The van der Waals surface area contributed by atoms with Crippen LogP contribution in [0.5, 0.6) is 0 Å². The number of carbonyl (C=O) groups is 1. The molecule has 6 nitrogen and oxygen atoms in total. The van der Waals surface area contributed by atoms with Gasteiger partial charge in [-0.3, -0.25) is 4.79 Å². The van der Waals surface area contributed by atoms with Gasteiger partial charge in [-0.1, -0.05) is 24.0 Å². The minimum Gasteiger partial charge on any atom is -0.462 e. The lowest BCUT2D eigenvalue weighted by molar-refractivity contribution is -0.145. The second-order valence-electron chi connectivity index (χ2n) is 4.96. The molecule has 2 rings (SSSR count). The van der Waals surface area contributed by atoms with Gasteiger partial charge in [-0.25, -0.2) is 0 Å². The zero-order valence-electron chi connectivity index (χ0n) is 10.7. The summed E-state index contributed by atoms with van der Waals surface area (Å²) in [4.78, 5) is 10.7. The van der Waals surface area contributed by atoms with Gasteiger partial charge < -0.3 is 24.8 Å². The second kappa shape index (κ2) is 4.62. The quantitative estimate of drug-likeness (QED) is 0.250. The Morgan fingerprint density at radius 2 is 2.21 bits per heavy atom. The summed E-state index contributed by atoms with van der Waals surface area (Å²) in [5.74, 6) is 4.64. The molecule has 0 saturated carbocycles. The van der Waals surface area contributed by atoms with Crippen LogP contribution in [0.15, 0.2) is 12.2 Å². The van der Waals surface area contributed by atoms with Crippen LogP contribution in [0.3, 0.4) is 0 Å². The highest BCUT2D eigenvalue weighted by Gasteiger charge is 2.64. The van der Waals surface area contributed by atoms with Crippen molar-refractivity contribution in [3.05, 3.63) is 12.2 Å². The summed E-state index contributed by atoms with van der Waals surface area (Å²) in [6.07, 6.45) is 0.474.